The van der Waals surface area contributed by atoms with Crippen LogP contribution in [0, 0.1) is 6.92 Å². The Balaban J connectivity index is 1.83. The first kappa shape index (κ1) is 22.4. The SMILES string of the molecule is Bc1ccc2c(c1)C1(c3cc(C)ccc3-2)c2cc(C(C)(C)C)ccc2-c2ccc(C(C)(C)C)cc21. The van der Waals surface area contributed by atoms with Crippen molar-refractivity contribution in [3.63, 3.8) is 0 Å². The molecule has 174 valence electrons. The predicted octanol–water partition coefficient (Wildman–Crippen LogP) is 7.19. The Morgan fingerprint density at radius 3 is 1.40 bits per heavy atom. The summed E-state index contributed by atoms with van der Waals surface area (Å²) >= 11 is 0. The van der Waals surface area contributed by atoms with Crippen molar-refractivity contribution in [2.24, 2.45) is 0 Å². The van der Waals surface area contributed by atoms with E-state index in [1.807, 2.05) is 0 Å². The van der Waals surface area contributed by atoms with Gasteiger partial charge in [-0.1, -0.05) is 125 Å². The van der Waals surface area contributed by atoms with E-state index in [-0.39, 0.29) is 16.2 Å². The zero-order valence-corrected chi connectivity index (χ0v) is 22.4. The molecular weight excluding hydrogens is 419 g/mol. The quantitative estimate of drug-likeness (QED) is 0.213. The van der Waals surface area contributed by atoms with Gasteiger partial charge in [-0.2, -0.15) is 0 Å². The second-order valence-electron chi connectivity index (χ2n) is 12.9. The van der Waals surface area contributed by atoms with Gasteiger partial charge in [0.05, 0.1) is 5.41 Å². The van der Waals surface area contributed by atoms with Gasteiger partial charge in [-0.05, 0) is 73.4 Å². The molecule has 1 spiro atoms. The van der Waals surface area contributed by atoms with Crippen LogP contribution in [0.2, 0.25) is 0 Å². The lowest BCUT2D eigenvalue weighted by Gasteiger charge is -2.33. The second-order valence-corrected chi connectivity index (χ2v) is 12.9. The van der Waals surface area contributed by atoms with Gasteiger partial charge in [0, 0.05) is 0 Å². The molecule has 4 aromatic rings. The van der Waals surface area contributed by atoms with Crippen molar-refractivity contribution in [1.82, 2.24) is 0 Å². The average Bonchev–Trinajstić information content (AvgIpc) is 3.23. The maximum Gasteiger partial charge on any atom is 0.139 e. The highest BCUT2D eigenvalue weighted by Crippen LogP contribution is 2.63. The summed E-state index contributed by atoms with van der Waals surface area (Å²) in [6.45, 7) is 16.2. The molecular formula is C34H35B. The van der Waals surface area contributed by atoms with Crippen molar-refractivity contribution < 1.29 is 0 Å². The van der Waals surface area contributed by atoms with Crippen molar-refractivity contribution in [1.29, 1.82) is 0 Å². The molecule has 4 aromatic carbocycles. The van der Waals surface area contributed by atoms with Crippen LogP contribution in [-0.4, -0.2) is 7.85 Å². The van der Waals surface area contributed by atoms with Crippen LogP contribution < -0.4 is 5.46 Å². The van der Waals surface area contributed by atoms with Gasteiger partial charge in [0.15, 0.2) is 0 Å². The van der Waals surface area contributed by atoms with Crippen molar-refractivity contribution >= 4 is 13.3 Å². The summed E-state index contributed by atoms with van der Waals surface area (Å²) in [5, 5.41) is 0. The summed E-state index contributed by atoms with van der Waals surface area (Å²) in [6.07, 6.45) is 0. The highest BCUT2D eigenvalue weighted by Gasteiger charge is 2.52. The van der Waals surface area contributed by atoms with Gasteiger partial charge in [-0.25, -0.2) is 0 Å². The molecule has 0 saturated heterocycles. The smallest absolute Gasteiger partial charge is 0.0886 e. The predicted molar refractivity (Wildman–Crippen MR) is 153 cm³/mol. The first-order valence-electron chi connectivity index (χ1n) is 13.0. The van der Waals surface area contributed by atoms with E-state index in [4.69, 9.17) is 0 Å². The molecule has 6 rings (SSSR count). The Kier molecular flexibility index (Phi) is 4.48. The van der Waals surface area contributed by atoms with Crippen LogP contribution >= 0.6 is 0 Å². The zero-order valence-electron chi connectivity index (χ0n) is 22.4. The zero-order chi connectivity index (χ0) is 24.9. The van der Waals surface area contributed by atoms with E-state index in [1.54, 1.807) is 0 Å². The van der Waals surface area contributed by atoms with E-state index in [2.05, 4.69) is 129 Å². The third-order valence-electron chi connectivity index (χ3n) is 8.32. The fourth-order valence-corrected chi connectivity index (χ4v) is 6.39. The van der Waals surface area contributed by atoms with Gasteiger partial charge in [0.2, 0.25) is 0 Å². The largest absolute Gasteiger partial charge is 0.139 e. The first-order chi connectivity index (χ1) is 16.4. The number of rotatable bonds is 0. The van der Waals surface area contributed by atoms with Crippen molar-refractivity contribution in [2.75, 3.05) is 0 Å². The lowest BCUT2D eigenvalue weighted by atomic mass is 9.68. The molecule has 0 heterocycles. The summed E-state index contributed by atoms with van der Waals surface area (Å²) in [7, 11) is 2.23. The van der Waals surface area contributed by atoms with Crippen LogP contribution in [0.5, 0.6) is 0 Å². The molecule has 0 nitrogen and oxygen atoms in total. The minimum absolute atomic E-state index is 0.0883. The maximum atomic E-state index is 2.52. The summed E-state index contributed by atoms with van der Waals surface area (Å²) in [6, 6.07) is 28.7. The standard InChI is InChI=1S/C34H35B/c1-20-8-12-24-27-15-11-23(35)19-31(27)34(28(24)16-20)29-17-21(32(2,3)4)9-13-25(29)26-14-10-22(18-30(26)34)33(5,6)7/h8-19H,35H2,1-7H3. The van der Waals surface area contributed by atoms with Gasteiger partial charge < -0.3 is 0 Å². The number of hydrogen-bond acceptors (Lipinski definition) is 0. The second kappa shape index (κ2) is 7.00. The molecule has 2 aliphatic rings. The fourth-order valence-electron chi connectivity index (χ4n) is 6.39. The van der Waals surface area contributed by atoms with Crippen LogP contribution in [0.1, 0.15) is 80.5 Å². The van der Waals surface area contributed by atoms with E-state index in [1.165, 1.54) is 66.7 Å². The summed E-state index contributed by atoms with van der Waals surface area (Å²) < 4.78 is 0. The third kappa shape index (κ3) is 3.00. The van der Waals surface area contributed by atoms with E-state index in [9.17, 15) is 0 Å². The Bertz CT molecular complexity index is 1400. The average molecular weight is 454 g/mol. The molecule has 0 bridgehead atoms. The highest BCUT2D eigenvalue weighted by atomic mass is 14.5. The lowest BCUT2D eigenvalue weighted by Crippen LogP contribution is -2.28. The molecule has 0 radical (unpaired) electrons. The van der Waals surface area contributed by atoms with Crippen molar-refractivity contribution in [2.45, 2.75) is 64.7 Å². The van der Waals surface area contributed by atoms with Gasteiger partial charge >= 0.3 is 0 Å². The van der Waals surface area contributed by atoms with Crippen LogP contribution in [-0.2, 0) is 16.2 Å². The molecule has 0 saturated carbocycles. The molecule has 0 fully saturated rings. The summed E-state index contributed by atoms with van der Waals surface area (Å²) in [4.78, 5) is 0. The fraction of sp³-hybridized carbons (Fsp3) is 0.294. The topological polar surface area (TPSA) is 0 Å². The van der Waals surface area contributed by atoms with Crippen LogP contribution in [0.25, 0.3) is 22.3 Å². The Labute approximate surface area is 211 Å². The number of fused-ring (bicyclic) bond motifs is 10. The van der Waals surface area contributed by atoms with E-state index >= 15 is 0 Å². The number of hydrogen-bond donors (Lipinski definition) is 0. The van der Waals surface area contributed by atoms with Crippen molar-refractivity contribution in [3.05, 3.63) is 112 Å². The Hall–Kier alpha value is -3.06. The minimum Gasteiger partial charge on any atom is -0.0886 e. The molecule has 0 N–H and O–H groups in total. The number of benzene rings is 4. The molecule has 0 unspecified atom stereocenters. The Morgan fingerprint density at radius 1 is 0.514 bits per heavy atom. The third-order valence-corrected chi connectivity index (χ3v) is 8.32. The normalized spacial score (nSPS) is 15.1. The van der Waals surface area contributed by atoms with Crippen LogP contribution in [0.15, 0.2) is 72.8 Å². The highest BCUT2D eigenvalue weighted by molar-refractivity contribution is 6.32. The molecule has 2 aliphatic carbocycles. The molecule has 1 heteroatoms. The molecule has 0 atom stereocenters. The van der Waals surface area contributed by atoms with E-state index < -0.39 is 0 Å². The lowest BCUT2D eigenvalue weighted by molar-refractivity contribution is 0.586. The van der Waals surface area contributed by atoms with Crippen LogP contribution in [0.4, 0.5) is 0 Å². The summed E-state index contributed by atoms with van der Waals surface area (Å²) in [5.41, 5.74) is 16.6. The summed E-state index contributed by atoms with van der Waals surface area (Å²) in [5.74, 6) is 0. The van der Waals surface area contributed by atoms with E-state index in [0.29, 0.717) is 0 Å². The maximum absolute atomic E-state index is 2.52. The van der Waals surface area contributed by atoms with Crippen LogP contribution in [0.3, 0.4) is 0 Å². The molecule has 0 aromatic heterocycles. The van der Waals surface area contributed by atoms with Gasteiger partial charge in [-0.15, -0.1) is 0 Å². The van der Waals surface area contributed by atoms with Gasteiger partial charge in [0.1, 0.15) is 7.85 Å². The Morgan fingerprint density at radius 2 is 0.914 bits per heavy atom. The monoisotopic (exact) mass is 454 g/mol. The number of aryl methyl sites for hydroxylation is 1. The molecule has 0 amide bonds. The van der Waals surface area contributed by atoms with E-state index in [0.717, 1.165) is 0 Å². The first-order valence-corrected chi connectivity index (χ1v) is 13.0. The van der Waals surface area contributed by atoms with Crippen molar-refractivity contribution in [3.8, 4) is 22.3 Å². The van der Waals surface area contributed by atoms with Gasteiger partial charge in [-0.3, -0.25) is 0 Å². The molecule has 0 aliphatic heterocycles. The van der Waals surface area contributed by atoms with Gasteiger partial charge in [0.25, 0.3) is 0 Å². The minimum atomic E-state index is -0.282. The molecule has 35 heavy (non-hydrogen) atoms.